The van der Waals surface area contributed by atoms with Crippen LogP contribution in [0.5, 0.6) is 0 Å². The number of ether oxygens (including phenoxy) is 2. The fourth-order valence-electron chi connectivity index (χ4n) is 2.26. The van der Waals surface area contributed by atoms with E-state index in [-0.39, 0.29) is 10.7 Å². The maximum atomic E-state index is 10.1. The first kappa shape index (κ1) is 16.5. The minimum absolute atomic E-state index is 0.215. The molecule has 1 fully saturated rings. The van der Waals surface area contributed by atoms with Crippen molar-refractivity contribution >= 4 is 22.6 Å². The first-order valence-corrected chi connectivity index (χ1v) is 7.07. The van der Waals surface area contributed by atoms with Gasteiger partial charge in [0.1, 0.15) is 10.2 Å². The SMILES string of the molecule is CC(I)O[C@H]1OC(CO)[C@@H](C(C)(C)O)C(O)C1O. The molecule has 18 heavy (non-hydrogen) atoms. The van der Waals surface area contributed by atoms with Crippen LogP contribution in [0.3, 0.4) is 0 Å². The summed E-state index contributed by atoms with van der Waals surface area (Å²) >= 11 is 2.00. The molecule has 1 heterocycles. The second kappa shape index (κ2) is 6.29. The summed E-state index contributed by atoms with van der Waals surface area (Å²) in [6.07, 6.45) is -4.29. The lowest BCUT2D eigenvalue weighted by atomic mass is 9.78. The van der Waals surface area contributed by atoms with Gasteiger partial charge >= 0.3 is 0 Å². The molecule has 0 aromatic heterocycles. The van der Waals surface area contributed by atoms with Crippen LogP contribution in [0.15, 0.2) is 0 Å². The normalized spacial score (nSPS) is 39.7. The van der Waals surface area contributed by atoms with Crippen LogP contribution in [0.25, 0.3) is 0 Å². The maximum absolute atomic E-state index is 10.1. The number of aliphatic hydroxyl groups is 4. The van der Waals surface area contributed by atoms with E-state index in [2.05, 4.69) is 0 Å². The summed E-state index contributed by atoms with van der Waals surface area (Å²) in [6, 6.07) is 0. The number of hydrogen-bond donors (Lipinski definition) is 4. The maximum Gasteiger partial charge on any atom is 0.187 e. The fourth-order valence-corrected chi connectivity index (χ4v) is 2.55. The van der Waals surface area contributed by atoms with Gasteiger partial charge in [-0.3, -0.25) is 0 Å². The molecule has 7 heteroatoms. The Bertz CT molecular complexity index is 265. The predicted molar refractivity (Wildman–Crippen MR) is 72.1 cm³/mol. The van der Waals surface area contributed by atoms with Crippen LogP contribution in [0, 0.1) is 5.92 Å². The van der Waals surface area contributed by atoms with Gasteiger partial charge in [0, 0.05) is 5.92 Å². The van der Waals surface area contributed by atoms with Crippen molar-refractivity contribution in [1.29, 1.82) is 0 Å². The molecule has 1 rings (SSSR count). The van der Waals surface area contributed by atoms with Crippen LogP contribution in [-0.2, 0) is 9.47 Å². The molecule has 0 spiro atoms. The summed E-state index contributed by atoms with van der Waals surface area (Å²) in [4.78, 5) is 0. The van der Waals surface area contributed by atoms with E-state index in [1.54, 1.807) is 6.92 Å². The number of hydrogen-bond acceptors (Lipinski definition) is 6. The number of alkyl halides is 1. The first-order chi connectivity index (χ1) is 8.18. The third-order valence-corrected chi connectivity index (χ3v) is 3.32. The molecule has 0 aromatic carbocycles. The second-order valence-electron chi connectivity index (χ2n) is 5.07. The van der Waals surface area contributed by atoms with E-state index in [9.17, 15) is 20.4 Å². The Labute approximate surface area is 120 Å². The highest BCUT2D eigenvalue weighted by Crippen LogP contribution is 2.34. The summed E-state index contributed by atoms with van der Waals surface area (Å²) in [5, 5.41) is 39.3. The molecule has 4 unspecified atom stereocenters. The lowest BCUT2D eigenvalue weighted by Crippen LogP contribution is -2.62. The molecule has 0 bridgehead atoms. The molecule has 1 aliphatic rings. The molecule has 6 nitrogen and oxygen atoms in total. The molecule has 6 atom stereocenters. The van der Waals surface area contributed by atoms with Crippen molar-refractivity contribution < 1.29 is 29.9 Å². The van der Waals surface area contributed by atoms with Gasteiger partial charge in [-0.05, 0) is 20.8 Å². The standard InChI is InChI=1S/C11H21IO6/c1-5(12)17-10-9(15)8(14)7(11(2,3)16)6(4-13)18-10/h5-10,13-16H,4H2,1-3H3/t5?,6?,7-,8?,9?,10+/m1/s1. The molecule has 1 saturated heterocycles. The van der Waals surface area contributed by atoms with Crippen molar-refractivity contribution in [3.05, 3.63) is 0 Å². The molecule has 0 radical (unpaired) electrons. The van der Waals surface area contributed by atoms with Gasteiger partial charge in [0.2, 0.25) is 0 Å². The van der Waals surface area contributed by atoms with E-state index in [0.717, 1.165) is 0 Å². The first-order valence-electron chi connectivity index (χ1n) is 5.82. The topological polar surface area (TPSA) is 99.4 Å². The molecular weight excluding hydrogens is 355 g/mol. The Hall–Kier alpha value is 0.490. The summed E-state index contributed by atoms with van der Waals surface area (Å²) in [5.41, 5.74) is -1.28. The highest BCUT2D eigenvalue weighted by molar-refractivity contribution is 14.1. The summed E-state index contributed by atoms with van der Waals surface area (Å²) in [6.45, 7) is 4.40. The average molecular weight is 376 g/mol. The molecule has 108 valence electrons. The van der Waals surface area contributed by atoms with Gasteiger partial charge in [-0.2, -0.15) is 0 Å². The zero-order valence-electron chi connectivity index (χ0n) is 10.7. The Balaban J connectivity index is 2.88. The zero-order chi connectivity index (χ0) is 14.1. The van der Waals surface area contributed by atoms with Crippen molar-refractivity contribution in [3.8, 4) is 0 Å². The zero-order valence-corrected chi connectivity index (χ0v) is 12.8. The van der Waals surface area contributed by atoms with E-state index in [4.69, 9.17) is 9.47 Å². The van der Waals surface area contributed by atoms with Crippen LogP contribution in [0.1, 0.15) is 20.8 Å². The summed E-state index contributed by atoms with van der Waals surface area (Å²) < 4.78 is 10.5. The van der Waals surface area contributed by atoms with Crippen molar-refractivity contribution in [2.45, 2.75) is 55.1 Å². The predicted octanol–water partition coefficient (Wildman–Crippen LogP) is -0.390. The highest BCUT2D eigenvalue weighted by atomic mass is 127. The van der Waals surface area contributed by atoms with Gasteiger partial charge in [0.25, 0.3) is 0 Å². The number of halogens is 1. The van der Waals surface area contributed by atoms with Gasteiger partial charge in [-0.1, -0.05) is 22.6 Å². The summed E-state index contributed by atoms with van der Waals surface area (Å²) in [7, 11) is 0. The average Bonchev–Trinajstić information content (AvgIpc) is 2.21. The Kier molecular flexibility index (Phi) is 5.78. The fraction of sp³-hybridized carbons (Fsp3) is 1.00. The van der Waals surface area contributed by atoms with Crippen molar-refractivity contribution in [2.24, 2.45) is 5.92 Å². The Morgan fingerprint density at radius 2 is 1.89 bits per heavy atom. The third-order valence-electron chi connectivity index (χ3n) is 3.02. The van der Waals surface area contributed by atoms with Crippen LogP contribution in [-0.4, -0.2) is 61.3 Å². The quantitative estimate of drug-likeness (QED) is 0.394. The minimum atomic E-state index is -1.28. The molecule has 0 aromatic rings. The lowest BCUT2D eigenvalue weighted by Gasteiger charge is -2.46. The molecule has 1 aliphatic heterocycles. The van der Waals surface area contributed by atoms with Gasteiger partial charge in [0.05, 0.1) is 24.4 Å². The van der Waals surface area contributed by atoms with Gasteiger partial charge in [-0.15, -0.1) is 0 Å². The largest absolute Gasteiger partial charge is 0.394 e. The van der Waals surface area contributed by atoms with Gasteiger partial charge < -0.3 is 29.9 Å². The second-order valence-corrected chi connectivity index (χ2v) is 6.82. The van der Waals surface area contributed by atoms with E-state index in [1.807, 2.05) is 22.6 Å². The van der Waals surface area contributed by atoms with Crippen molar-refractivity contribution in [1.82, 2.24) is 0 Å². The van der Waals surface area contributed by atoms with Crippen LogP contribution in [0.4, 0.5) is 0 Å². The minimum Gasteiger partial charge on any atom is -0.394 e. The van der Waals surface area contributed by atoms with Crippen molar-refractivity contribution in [3.63, 3.8) is 0 Å². The molecule has 0 saturated carbocycles. The smallest absolute Gasteiger partial charge is 0.187 e. The Morgan fingerprint density at radius 3 is 2.28 bits per heavy atom. The van der Waals surface area contributed by atoms with Crippen LogP contribution < -0.4 is 0 Å². The summed E-state index contributed by atoms with van der Waals surface area (Å²) in [5.74, 6) is -0.790. The van der Waals surface area contributed by atoms with E-state index in [1.165, 1.54) is 13.8 Å². The number of rotatable bonds is 4. The molecule has 0 amide bonds. The van der Waals surface area contributed by atoms with Crippen LogP contribution >= 0.6 is 22.6 Å². The van der Waals surface area contributed by atoms with Crippen molar-refractivity contribution in [2.75, 3.05) is 6.61 Å². The third kappa shape index (κ3) is 3.75. The monoisotopic (exact) mass is 376 g/mol. The van der Waals surface area contributed by atoms with Crippen LogP contribution in [0.2, 0.25) is 0 Å². The molecule has 0 aliphatic carbocycles. The Morgan fingerprint density at radius 1 is 1.33 bits per heavy atom. The molecule has 4 N–H and O–H groups in total. The van der Waals surface area contributed by atoms with E-state index >= 15 is 0 Å². The van der Waals surface area contributed by atoms with Gasteiger partial charge in [0.15, 0.2) is 6.29 Å². The number of aliphatic hydroxyl groups excluding tert-OH is 3. The van der Waals surface area contributed by atoms with E-state index in [0.29, 0.717) is 0 Å². The van der Waals surface area contributed by atoms with Gasteiger partial charge in [-0.25, -0.2) is 0 Å². The van der Waals surface area contributed by atoms with E-state index < -0.39 is 36.1 Å². The highest BCUT2D eigenvalue weighted by Gasteiger charge is 2.50. The molecular formula is C11H21IO6. The lowest BCUT2D eigenvalue weighted by molar-refractivity contribution is -0.308.